The summed E-state index contributed by atoms with van der Waals surface area (Å²) in [5.41, 5.74) is 2.50. The van der Waals surface area contributed by atoms with Crippen LogP contribution in [0.5, 0.6) is 11.5 Å². The van der Waals surface area contributed by atoms with Crippen LogP contribution in [-0.2, 0) is 0 Å². The van der Waals surface area contributed by atoms with E-state index >= 15 is 0 Å². The third-order valence-corrected chi connectivity index (χ3v) is 3.30. The van der Waals surface area contributed by atoms with Crippen molar-refractivity contribution in [2.45, 2.75) is 0 Å². The van der Waals surface area contributed by atoms with Gasteiger partial charge in [0.25, 0.3) is 0 Å². The molecule has 1 N–H and O–H groups in total. The molecular formula is C15H16N4O2. The van der Waals surface area contributed by atoms with Crippen LogP contribution < -0.4 is 14.8 Å². The van der Waals surface area contributed by atoms with Crippen molar-refractivity contribution in [1.29, 1.82) is 0 Å². The molecular weight excluding hydrogens is 268 g/mol. The molecule has 6 nitrogen and oxygen atoms in total. The number of fused-ring (bicyclic) bond motifs is 1. The van der Waals surface area contributed by atoms with Gasteiger partial charge in [-0.05, 0) is 30.3 Å². The molecule has 2 heterocycles. The Bertz CT molecular complexity index is 782. The zero-order chi connectivity index (χ0) is 14.8. The lowest BCUT2D eigenvalue weighted by Gasteiger charge is -2.10. The molecule has 1 aromatic carbocycles. The second-order valence-electron chi connectivity index (χ2n) is 4.45. The van der Waals surface area contributed by atoms with Gasteiger partial charge in [0.1, 0.15) is 17.3 Å². The Balaban J connectivity index is 2.24. The van der Waals surface area contributed by atoms with E-state index in [1.54, 1.807) is 24.9 Å². The first-order valence-corrected chi connectivity index (χ1v) is 6.51. The first kappa shape index (κ1) is 13.2. The summed E-state index contributed by atoms with van der Waals surface area (Å²) in [6, 6.07) is 9.44. The summed E-state index contributed by atoms with van der Waals surface area (Å²) in [6.45, 7) is 0. The van der Waals surface area contributed by atoms with Crippen molar-refractivity contribution in [2.24, 2.45) is 0 Å². The molecule has 3 rings (SSSR count). The van der Waals surface area contributed by atoms with Gasteiger partial charge in [-0.1, -0.05) is 0 Å². The average molecular weight is 284 g/mol. The van der Waals surface area contributed by atoms with Gasteiger partial charge in [0.05, 0.1) is 26.1 Å². The minimum Gasteiger partial charge on any atom is -0.497 e. The largest absolute Gasteiger partial charge is 0.497 e. The number of ether oxygens (including phenoxy) is 2. The third kappa shape index (κ3) is 2.24. The smallest absolute Gasteiger partial charge is 0.154 e. The molecule has 0 unspecified atom stereocenters. The molecule has 2 aromatic heterocycles. The predicted octanol–water partition coefficient (Wildman–Crippen LogP) is 2.46. The lowest BCUT2D eigenvalue weighted by Crippen LogP contribution is -2.00. The van der Waals surface area contributed by atoms with Crippen LogP contribution >= 0.6 is 0 Å². The highest BCUT2D eigenvalue weighted by atomic mass is 16.5. The number of aromatic nitrogens is 3. The van der Waals surface area contributed by atoms with Crippen molar-refractivity contribution in [3.8, 4) is 22.8 Å². The number of benzene rings is 1. The summed E-state index contributed by atoms with van der Waals surface area (Å²) < 4.78 is 12.5. The first-order chi connectivity index (χ1) is 10.3. The van der Waals surface area contributed by atoms with Crippen LogP contribution in [0.4, 0.5) is 5.82 Å². The van der Waals surface area contributed by atoms with Gasteiger partial charge >= 0.3 is 0 Å². The number of anilines is 1. The summed E-state index contributed by atoms with van der Waals surface area (Å²) in [5.74, 6) is 2.27. The van der Waals surface area contributed by atoms with Crippen molar-refractivity contribution in [1.82, 2.24) is 14.6 Å². The molecule has 0 atom stereocenters. The topological polar surface area (TPSA) is 60.7 Å². The maximum atomic E-state index is 5.43. The van der Waals surface area contributed by atoms with Crippen molar-refractivity contribution in [3.05, 3.63) is 36.5 Å². The molecule has 3 aromatic rings. The SMILES string of the molecule is CNc1ccc2ncc(-c3cc(OC)ccc3OC)n2n1. The highest BCUT2D eigenvalue weighted by Gasteiger charge is 2.13. The van der Waals surface area contributed by atoms with Gasteiger partial charge in [0.15, 0.2) is 5.65 Å². The molecule has 0 aliphatic heterocycles. The van der Waals surface area contributed by atoms with E-state index in [2.05, 4.69) is 15.4 Å². The summed E-state index contributed by atoms with van der Waals surface area (Å²) in [4.78, 5) is 4.38. The Kier molecular flexibility index (Phi) is 3.35. The highest BCUT2D eigenvalue weighted by Crippen LogP contribution is 2.33. The standard InChI is InChI=1S/C15H16N4O2/c1-16-14-6-7-15-17-9-12(19(15)18-14)11-8-10(20-2)4-5-13(11)21-3/h4-9H,1-3H3,(H,16,18). The fourth-order valence-corrected chi connectivity index (χ4v) is 2.20. The molecule has 0 aliphatic carbocycles. The summed E-state index contributed by atoms with van der Waals surface area (Å²) in [5, 5.41) is 7.53. The van der Waals surface area contributed by atoms with Crippen molar-refractivity contribution < 1.29 is 9.47 Å². The number of nitrogens with one attached hydrogen (secondary N) is 1. The van der Waals surface area contributed by atoms with Crippen molar-refractivity contribution >= 4 is 11.5 Å². The van der Waals surface area contributed by atoms with E-state index < -0.39 is 0 Å². The Morgan fingerprint density at radius 3 is 2.67 bits per heavy atom. The van der Waals surface area contributed by atoms with E-state index in [9.17, 15) is 0 Å². The Morgan fingerprint density at radius 2 is 1.95 bits per heavy atom. The minimum absolute atomic E-state index is 0.745. The zero-order valence-electron chi connectivity index (χ0n) is 12.1. The zero-order valence-corrected chi connectivity index (χ0v) is 12.1. The molecule has 0 spiro atoms. The van der Waals surface area contributed by atoms with Crippen LogP contribution in [0.15, 0.2) is 36.5 Å². The molecule has 21 heavy (non-hydrogen) atoms. The van der Waals surface area contributed by atoms with Crippen LogP contribution in [0.25, 0.3) is 16.9 Å². The quantitative estimate of drug-likeness (QED) is 0.797. The maximum absolute atomic E-state index is 5.43. The van der Waals surface area contributed by atoms with Gasteiger partial charge in [-0.2, -0.15) is 0 Å². The molecule has 0 aliphatic rings. The summed E-state index contributed by atoms with van der Waals surface area (Å²) in [7, 11) is 5.11. The second kappa shape index (κ2) is 5.32. The van der Waals surface area contributed by atoms with Crippen LogP contribution in [0.3, 0.4) is 0 Å². The molecule has 0 fully saturated rings. The lowest BCUT2D eigenvalue weighted by molar-refractivity contribution is 0.404. The van der Waals surface area contributed by atoms with Gasteiger partial charge in [-0.15, -0.1) is 5.10 Å². The van der Waals surface area contributed by atoms with E-state index in [-0.39, 0.29) is 0 Å². The third-order valence-electron chi connectivity index (χ3n) is 3.30. The minimum atomic E-state index is 0.745. The van der Waals surface area contributed by atoms with E-state index in [0.29, 0.717) is 0 Å². The Morgan fingerprint density at radius 1 is 1.10 bits per heavy atom. The normalized spacial score (nSPS) is 10.6. The number of nitrogens with zero attached hydrogens (tertiary/aromatic N) is 3. The monoisotopic (exact) mass is 284 g/mol. The van der Waals surface area contributed by atoms with Crippen LogP contribution in [0.2, 0.25) is 0 Å². The van der Waals surface area contributed by atoms with E-state index in [0.717, 1.165) is 34.2 Å². The van der Waals surface area contributed by atoms with E-state index in [1.165, 1.54) is 0 Å². The van der Waals surface area contributed by atoms with Crippen molar-refractivity contribution in [3.63, 3.8) is 0 Å². The molecule has 108 valence electrons. The van der Waals surface area contributed by atoms with Crippen LogP contribution in [0, 0.1) is 0 Å². The second-order valence-corrected chi connectivity index (χ2v) is 4.45. The molecule has 0 radical (unpaired) electrons. The predicted molar refractivity (Wildman–Crippen MR) is 81.1 cm³/mol. The maximum Gasteiger partial charge on any atom is 0.154 e. The molecule has 6 heteroatoms. The lowest BCUT2D eigenvalue weighted by atomic mass is 10.1. The fraction of sp³-hybridized carbons (Fsp3) is 0.200. The fourth-order valence-electron chi connectivity index (χ4n) is 2.20. The molecule has 0 saturated heterocycles. The summed E-state index contributed by atoms with van der Waals surface area (Å²) >= 11 is 0. The van der Waals surface area contributed by atoms with Crippen LogP contribution in [-0.4, -0.2) is 35.9 Å². The number of imidazole rings is 1. The number of hydrogen-bond acceptors (Lipinski definition) is 5. The average Bonchev–Trinajstić information content (AvgIpc) is 2.96. The number of methoxy groups -OCH3 is 2. The Hall–Kier alpha value is -2.76. The highest BCUT2D eigenvalue weighted by molar-refractivity contribution is 5.71. The van der Waals surface area contributed by atoms with E-state index in [1.807, 2.05) is 37.4 Å². The van der Waals surface area contributed by atoms with Gasteiger partial charge in [0.2, 0.25) is 0 Å². The first-order valence-electron chi connectivity index (χ1n) is 6.51. The van der Waals surface area contributed by atoms with Gasteiger partial charge < -0.3 is 14.8 Å². The molecule has 0 saturated carbocycles. The van der Waals surface area contributed by atoms with E-state index in [4.69, 9.17) is 9.47 Å². The van der Waals surface area contributed by atoms with Gasteiger partial charge in [-0.3, -0.25) is 0 Å². The van der Waals surface area contributed by atoms with Gasteiger partial charge in [0, 0.05) is 12.6 Å². The number of rotatable bonds is 4. The Labute approximate surface area is 122 Å². The molecule has 0 amide bonds. The van der Waals surface area contributed by atoms with Crippen molar-refractivity contribution in [2.75, 3.05) is 26.6 Å². The van der Waals surface area contributed by atoms with Crippen LogP contribution in [0.1, 0.15) is 0 Å². The number of hydrogen-bond donors (Lipinski definition) is 1. The van der Waals surface area contributed by atoms with Gasteiger partial charge in [-0.25, -0.2) is 9.50 Å². The molecule has 0 bridgehead atoms. The summed E-state index contributed by atoms with van der Waals surface area (Å²) in [6.07, 6.45) is 1.78.